The van der Waals surface area contributed by atoms with Gasteiger partial charge >= 0.3 is 12.2 Å². The number of pyridine rings is 1. The van der Waals surface area contributed by atoms with Gasteiger partial charge in [0.1, 0.15) is 16.9 Å². The van der Waals surface area contributed by atoms with Crippen molar-refractivity contribution < 1.29 is 24.2 Å². The Morgan fingerprint density at radius 1 is 1.21 bits per heavy atom. The predicted octanol–water partition coefficient (Wildman–Crippen LogP) is 2.83. The lowest BCUT2D eigenvalue weighted by atomic mass is 10.2. The molecule has 9 heteroatoms. The van der Waals surface area contributed by atoms with Crippen molar-refractivity contribution in [2.75, 3.05) is 23.0 Å². The maximum absolute atomic E-state index is 12.8. The Hall–Kier alpha value is -2.55. The SMILES string of the molecule is CC(C)(C)OC(=O)NN(C(=O)OC(C)(C)C)c1cnccc1N1CC[C@@H](O)C1. The Morgan fingerprint density at radius 3 is 2.39 bits per heavy atom. The van der Waals surface area contributed by atoms with E-state index in [2.05, 4.69) is 10.4 Å². The van der Waals surface area contributed by atoms with Gasteiger partial charge < -0.3 is 19.5 Å². The summed E-state index contributed by atoms with van der Waals surface area (Å²) in [6, 6.07) is 1.72. The van der Waals surface area contributed by atoms with Gasteiger partial charge in [-0.1, -0.05) is 0 Å². The van der Waals surface area contributed by atoms with Crippen molar-refractivity contribution in [3.63, 3.8) is 0 Å². The van der Waals surface area contributed by atoms with E-state index < -0.39 is 29.5 Å². The Kier molecular flexibility index (Phi) is 6.38. The topological polar surface area (TPSA) is 104 Å². The first-order chi connectivity index (χ1) is 12.9. The summed E-state index contributed by atoms with van der Waals surface area (Å²) < 4.78 is 10.7. The van der Waals surface area contributed by atoms with Gasteiger partial charge in [0.2, 0.25) is 0 Å². The lowest BCUT2D eigenvalue weighted by Crippen LogP contribution is -2.50. The molecule has 1 atom stereocenters. The molecule has 1 aliphatic heterocycles. The molecule has 0 aromatic carbocycles. The van der Waals surface area contributed by atoms with E-state index in [1.807, 2.05) is 4.90 Å². The van der Waals surface area contributed by atoms with Crippen molar-refractivity contribution in [1.29, 1.82) is 0 Å². The average Bonchev–Trinajstić information content (AvgIpc) is 2.95. The third kappa shape index (κ3) is 6.26. The maximum Gasteiger partial charge on any atom is 0.434 e. The number of nitrogens with zero attached hydrogens (tertiary/aromatic N) is 3. The molecule has 0 spiro atoms. The summed E-state index contributed by atoms with van der Waals surface area (Å²) >= 11 is 0. The van der Waals surface area contributed by atoms with Crippen molar-refractivity contribution in [2.24, 2.45) is 0 Å². The molecule has 0 bridgehead atoms. The van der Waals surface area contributed by atoms with E-state index in [4.69, 9.17) is 9.47 Å². The van der Waals surface area contributed by atoms with Gasteiger partial charge in [0.05, 0.1) is 18.0 Å². The minimum absolute atomic E-state index is 0.330. The molecule has 1 aromatic rings. The summed E-state index contributed by atoms with van der Waals surface area (Å²) in [7, 11) is 0. The second-order valence-electron chi connectivity index (χ2n) is 8.68. The Labute approximate surface area is 165 Å². The number of rotatable bonds is 2. The van der Waals surface area contributed by atoms with Crippen molar-refractivity contribution in [3.05, 3.63) is 18.5 Å². The molecule has 1 fully saturated rings. The fourth-order valence-electron chi connectivity index (χ4n) is 2.68. The average molecular weight is 394 g/mol. The minimum Gasteiger partial charge on any atom is -0.443 e. The van der Waals surface area contributed by atoms with Crippen LogP contribution in [0.4, 0.5) is 21.0 Å². The monoisotopic (exact) mass is 394 g/mol. The quantitative estimate of drug-likeness (QED) is 0.743. The molecule has 28 heavy (non-hydrogen) atoms. The predicted molar refractivity (Wildman–Crippen MR) is 105 cm³/mol. The van der Waals surface area contributed by atoms with Crippen molar-refractivity contribution in [3.8, 4) is 0 Å². The van der Waals surface area contributed by atoms with Crippen LogP contribution in [-0.2, 0) is 9.47 Å². The molecular weight excluding hydrogens is 364 g/mol. The molecule has 0 radical (unpaired) electrons. The van der Waals surface area contributed by atoms with Gasteiger partial charge in [0.15, 0.2) is 0 Å². The molecule has 0 aliphatic carbocycles. The molecule has 2 rings (SSSR count). The number of hydrazine groups is 1. The molecule has 0 saturated carbocycles. The van der Waals surface area contributed by atoms with Gasteiger partial charge in [-0.3, -0.25) is 4.98 Å². The fraction of sp³-hybridized carbons (Fsp3) is 0.632. The van der Waals surface area contributed by atoms with Gasteiger partial charge in [0.25, 0.3) is 0 Å². The van der Waals surface area contributed by atoms with Crippen LogP contribution in [-0.4, -0.2) is 52.7 Å². The highest BCUT2D eigenvalue weighted by molar-refractivity contribution is 5.94. The summed E-state index contributed by atoms with van der Waals surface area (Å²) in [6.07, 6.45) is 1.65. The normalized spacial score (nSPS) is 17.2. The highest BCUT2D eigenvalue weighted by atomic mass is 16.6. The lowest BCUT2D eigenvalue weighted by molar-refractivity contribution is 0.0425. The third-order valence-corrected chi connectivity index (χ3v) is 3.70. The zero-order chi connectivity index (χ0) is 21.1. The molecule has 2 N–H and O–H groups in total. The summed E-state index contributed by atoms with van der Waals surface area (Å²) in [4.78, 5) is 31.2. The second kappa shape index (κ2) is 8.22. The summed E-state index contributed by atoms with van der Waals surface area (Å²) in [5.41, 5.74) is 1.93. The molecule has 0 unspecified atom stereocenters. The first kappa shape index (κ1) is 21.7. The van der Waals surface area contributed by atoms with Crippen molar-refractivity contribution in [1.82, 2.24) is 10.4 Å². The van der Waals surface area contributed by atoms with Crippen LogP contribution in [0.3, 0.4) is 0 Å². The standard InChI is InChI=1S/C19H30N4O5/c1-18(2,3)27-16(25)21-23(17(26)28-19(4,5)6)15-11-20-9-7-14(15)22-10-8-13(24)12-22/h7,9,11,13,24H,8,10,12H2,1-6H3,(H,21,25)/t13-/m1/s1. The zero-order valence-corrected chi connectivity index (χ0v) is 17.4. The van der Waals surface area contributed by atoms with Crippen LogP contribution < -0.4 is 15.3 Å². The number of aliphatic hydroxyl groups excluding tert-OH is 1. The molecular formula is C19H30N4O5. The van der Waals surface area contributed by atoms with Gasteiger partial charge in [-0.05, 0) is 54.0 Å². The van der Waals surface area contributed by atoms with E-state index in [1.165, 1.54) is 6.20 Å². The number of β-amino-alcohol motifs (C(OH)–C–C–N with tert-alkyl or cyclic N) is 1. The van der Waals surface area contributed by atoms with E-state index >= 15 is 0 Å². The fourth-order valence-corrected chi connectivity index (χ4v) is 2.68. The molecule has 2 amide bonds. The summed E-state index contributed by atoms with van der Waals surface area (Å²) in [5, 5.41) is 10.9. The van der Waals surface area contributed by atoms with Crippen LogP contribution in [0.25, 0.3) is 0 Å². The lowest BCUT2D eigenvalue weighted by Gasteiger charge is -2.31. The number of carbonyl (C=O) groups excluding carboxylic acids is 2. The number of ether oxygens (including phenoxy) is 2. The Morgan fingerprint density at radius 2 is 1.86 bits per heavy atom. The number of hydrogen-bond acceptors (Lipinski definition) is 7. The second-order valence-corrected chi connectivity index (χ2v) is 8.68. The van der Waals surface area contributed by atoms with Crippen LogP contribution in [0.5, 0.6) is 0 Å². The van der Waals surface area contributed by atoms with Crippen molar-refractivity contribution in [2.45, 2.75) is 65.3 Å². The molecule has 9 nitrogen and oxygen atoms in total. The van der Waals surface area contributed by atoms with Gasteiger partial charge in [-0.2, -0.15) is 5.01 Å². The van der Waals surface area contributed by atoms with Crippen LogP contribution in [0.15, 0.2) is 18.5 Å². The number of hydrogen-bond donors (Lipinski definition) is 2. The van der Waals surface area contributed by atoms with E-state index in [0.717, 1.165) is 5.01 Å². The van der Waals surface area contributed by atoms with Crippen molar-refractivity contribution >= 4 is 23.6 Å². The Bertz CT molecular complexity index is 711. The maximum atomic E-state index is 12.8. The van der Waals surface area contributed by atoms with E-state index in [-0.39, 0.29) is 0 Å². The number of nitrogens with one attached hydrogen (secondary N) is 1. The van der Waals surface area contributed by atoms with E-state index in [0.29, 0.717) is 30.9 Å². The first-order valence-corrected chi connectivity index (χ1v) is 9.25. The van der Waals surface area contributed by atoms with Crippen LogP contribution in [0.2, 0.25) is 0 Å². The number of anilines is 2. The molecule has 1 saturated heterocycles. The number of carbonyl (C=O) groups is 2. The smallest absolute Gasteiger partial charge is 0.434 e. The molecule has 2 heterocycles. The van der Waals surface area contributed by atoms with E-state index in [1.54, 1.807) is 53.8 Å². The summed E-state index contributed by atoms with van der Waals surface area (Å²) in [6.45, 7) is 11.4. The van der Waals surface area contributed by atoms with Crippen LogP contribution in [0.1, 0.15) is 48.0 Å². The molecule has 1 aliphatic rings. The van der Waals surface area contributed by atoms with Gasteiger partial charge in [-0.15, -0.1) is 0 Å². The largest absolute Gasteiger partial charge is 0.443 e. The number of amides is 2. The highest BCUT2D eigenvalue weighted by Gasteiger charge is 2.31. The first-order valence-electron chi connectivity index (χ1n) is 9.25. The zero-order valence-electron chi connectivity index (χ0n) is 17.4. The van der Waals surface area contributed by atoms with Crippen LogP contribution in [0, 0.1) is 0 Å². The van der Waals surface area contributed by atoms with Crippen LogP contribution >= 0.6 is 0 Å². The molecule has 1 aromatic heterocycles. The summed E-state index contributed by atoms with van der Waals surface area (Å²) in [5.74, 6) is 0. The minimum atomic E-state index is -0.797. The third-order valence-electron chi connectivity index (χ3n) is 3.70. The highest BCUT2D eigenvalue weighted by Crippen LogP contribution is 2.31. The van der Waals surface area contributed by atoms with E-state index in [9.17, 15) is 14.7 Å². The van der Waals surface area contributed by atoms with Gasteiger partial charge in [-0.25, -0.2) is 15.0 Å². The Balaban J connectivity index is 2.36. The van der Waals surface area contributed by atoms with Gasteiger partial charge in [0, 0.05) is 19.3 Å². The number of aliphatic hydroxyl groups is 1. The number of aromatic nitrogens is 1. The molecule has 156 valence electrons.